The fourth-order valence-corrected chi connectivity index (χ4v) is 0. The molecule has 0 fully saturated rings. The van der Waals surface area contributed by atoms with Crippen LogP contribution in [0.3, 0.4) is 0 Å². The van der Waals surface area contributed by atoms with Crippen LogP contribution in [0.5, 0.6) is 0 Å². The van der Waals surface area contributed by atoms with Crippen molar-refractivity contribution in [1.82, 2.24) is 0 Å². The Hall–Kier alpha value is 0.895. The first-order valence-electron chi connectivity index (χ1n) is 0.289. The first kappa shape index (κ1) is 20.7. The van der Waals surface area contributed by atoms with Crippen LogP contribution in [0.25, 0.3) is 0 Å². The minimum atomic E-state index is 0. The van der Waals surface area contributed by atoms with Gasteiger partial charge in [0.05, 0.1) is 0 Å². The van der Waals surface area contributed by atoms with Gasteiger partial charge in [-0.25, -0.2) is 0 Å². The molecule has 3 heteroatoms. The van der Waals surface area contributed by atoms with Gasteiger partial charge in [-0.05, 0) is 0 Å². The molecule has 0 saturated heterocycles. The van der Waals surface area contributed by atoms with E-state index in [9.17, 15) is 0 Å². The average Bonchev–Trinajstić information content (AvgIpc) is 1.00. The standard InChI is InChI=1S/CH2O.ClH.Hg/c1-2;;/h1H2;1H;. The molecule has 0 heterocycles. The number of hydrogen-bond acceptors (Lipinski definition) is 1. The predicted octanol–water partition coefficient (Wildman–Crippen LogP) is 0.234. The fraction of sp³-hybridized carbons (Fsp3) is 0. The van der Waals surface area contributed by atoms with Gasteiger partial charge in [0.15, 0.2) is 0 Å². The van der Waals surface area contributed by atoms with Crippen LogP contribution in [0, 0.1) is 0 Å². The van der Waals surface area contributed by atoms with E-state index in [1.807, 2.05) is 6.79 Å². The van der Waals surface area contributed by atoms with Crippen LogP contribution in [0.4, 0.5) is 0 Å². The molecule has 0 aromatic rings. The van der Waals surface area contributed by atoms with Gasteiger partial charge in [-0.1, -0.05) is 0 Å². The van der Waals surface area contributed by atoms with E-state index in [-0.39, 0.29) is 40.1 Å². The zero-order chi connectivity index (χ0) is 2.00. The first-order valence-corrected chi connectivity index (χ1v) is 0.289. The number of carbonyl (C=O) groups excluding carboxylic acids is 1. The Bertz CT molecular complexity index is 8.00. The molecule has 0 radical (unpaired) electrons. The summed E-state index contributed by atoms with van der Waals surface area (Å²) in [4.78, 5) is 8.00. The first-order chi connectivity index (χ1) is 1.00. The Balaban J connectivity index is -0.00000000500. The molecule has 1 nitrogen and oxygen atoms in total. The van der Waals surface area contributed by atoms with E-state index in [1.54, 1.807) is 0 Å². The maximum absolute atomic E-state index is 8.00. The van der Waals surface area contributed by atoms with Gasteiger partial charge in [0.1, 0.15) is 6.79 Å². The van der Waals surface area contributed by atoms with E-state index >= 15 is 0 Å². The van der Waals surface area contributed by atoms with Crippen molar-refractivity contribution in [2.24, 2.45) is 0 Å². The number of rotatable bonds is 0. The zero-order valence-corrected chi connectivity index (χ0v) is 8.54. The number of halogens is 1. The molecule has 0 bridgehead atoms. The second-order valence-corrected chi connectivity index (χ2v) is 0. The van der Waals surface area contributed by atoms with Crippen LogP contribution < -0.4 is 0 Å². The molecular formula is CH3ClHgO. The molecule has 0 unspecified atom stereocenters. The van der Waals surface area contributed by atoms with E-state index < -0.39 is 0 Å². The number of hydrogen-bond donors (Lipinski definition) is 0. The van der Waals surface area contributed by atoms with Crippen molar-refractivity contribution in [2.45, 2.75) is 0 Å². The fourth-order valence-electron chi connectivity index (χ4n) is 0. The molecule has 4 heavy (non-hydrogen) atoms. The topological polar surface area (TPSA) is 17.1 Å². The molecule has 22 valence electrons. The summed E-state index contributed by atoms with van der Waals surface area (Å²) in [6.45, 7) is 2.00. The Morgan fingerprint density at radius 2 is 1.25 bits per heavy atom. The summed E-state index contributed by atoms with van der Waals surface area (Å²) in [6, 6.07) is 0. The molecule has 0 saturated carbocycles. The van der Waals surface area contributed by atoms with Crippen molar-refractivity contribution in [3.63, 3.8) is 0 Å². The molecule has 0 aliphatic heterocycles. The van der Waals surface area contributed by atoms with Crippen molar-refractivity contribution in [2.75, 3.05) is 0 Å². The van der Waals surface area contributed by atoms with Crippen LogP contribution in [0.1, 0.15) is 0 Å². The van der Waals surface area contributed by atoms with Gasteiger partial charge >= 0.3 is 0 Å². The Morgan fingerprint density at radius 3 is 1.25 bits per heavy atom. The van der Waals surface area contributed by atoms with Crippen LogP contribution >= 0.6 is 12.4 Å². The summed E-state index contributed by atoms with van der Waals surface area (Å²) in [5, 5.41) is 0. The number of carbonyl (C=O) groups is 1. The molecule has 0 amide bonds. The van der Waals surface area contributed by atoms with E-state index in [0.29, 0.717) is 0 Å². The minimum Gasteiger partial charge on any atom is -0.307 e. The third kappa shape index (κ3) is 13.0. The molecule has 0 aromatic carbocycles. The van der Waals surface area contributed by atoms with E-state index in [2.05, 4.69) is 0 Å². The summed E-state index contributed by atoms with van der Waals surface area (Å²) in [7, 11) is 0. The van der Waals surface area contributed by atoms with Crippen molar-refractivity contribution in [1.29, 1.82) is 0 Å². The predicted molar refractivity (Wildman–Crippen MR) is 14.4 cm³/mol. The third-order valence-electron chi connectivity index (χ3n) is 0. The van der Waals surface area contributed by atoms with Crippen LogP contribution in [0.2, 0.25) is 0 Å². The van der Waals surface area contributed by atoms with Crippen molar-refractivity contribution in [3.8, 4) is 0 Å². The van der Waals surface area contributed by atoms with E-state index in [4.69, 9.17) is 4.79 Å². The summed E-state index contributed by atoms with van der Waals surface area (Å²) >= 11 is 0. The Kier molecular flexibility index (Phi) is 211. The van der Waals surface area contributed by atoms with Gasteiger partial charge in [-0.2, -0.15) is 0 Å². The second kappa shape index (κ2) is 40.7. The Morgan fingerprint density at radius 1 is 1.25 bits per heavy atom. The third-order valence-corrected chi connectivity index (χ3v) is 0. The van der Waals surface area contributed by atoms with Gasteiger partial charge in [0, 0.05) is 27.7 Å². The van der Waals surface area contributed by atoms with Crippen molar-refractivity contribution in [3.05, 3.63) is 0 Å². The minimum absolute atomic E-state index is 0. The van der Waals surface area contributed by atoms with E-state index in [1.165, 1.54) is 0 Å². The quantitative estimate of drug-likeness (QED) is 0.574. The monoisotopic (exact) mass is 268 g/mol. The maximum atomic E-state index is 8.00. The van der Waals surface area contributed by atoms with Gasteiger partial charge in [0.2, 0.25) is 0 Å². The van der Waals surface area contributed by atoms with Gasteiger partial charge in [-0.15, -0.1) is 12.4 Å². The average molecular weight is 267 g/mol. The molecule has 0 atom stereocenters. The largest absolute Gasteiger partial charge is 0.307 e. The molecular weight excluding hydrogens is 264 g/mol. The molecule has 0 aromatic heterocycles. The summed E-state index contributed by atoms with van der Waals surface area (Å²) in [5.74, 6) is 0. The molecule has 0 aliphatic carbocycles. The SMILES string of the molecule is C=O.Cl.[Hg]. The molecule has 0 spiro atoms. The normalized spacial score (nSPS) is 1.00. The maximum Gasteiger partial charge on any atom is 0.106 e. The van der Waals surface area contributed by atoms with Crippen LogP contribution in [0.15, 0.2) is 0 Å². The van der Waals surface area contributed by atoms with Crippen LogP contribution in [-0.2, 0) is 32.5 Å². The molecule has 0 rings (SSSR count). The zero-order valence-electron chi connectivity index (χ0n) is 2.23. The van der Waals surface area contributed by atoms with E-state index in [0.717, 1.165) is 0 Å². The summed E-state index contributed by atoms with van der Waals surface area (Å²) < 4.78 is 0. The van der Waals surface area contributed by atoms with Gasteiger partial charge in [0.25, 0.3) is 0 Å². The summed E-state index contributed by atoms with van der Waals surface area (Å²) in [6.07, 6.45) is 0. The van der Waals surface area contributed by atoms with Gasteiger partial charge < -0.3 is 4.79 Å². The summed E-state index contributed by atoms with van der Waals surface area (Å²) in [5.41, 5.74) is 0. The van der Waals surface area contributed by atoms with Crippen molar-refractivity contribution >= 4 is 19.2 Å². The second-order valence-electron chi connectivity index (χ2n) is 0. The van der Waals surface area contributed by atoms with Crippen LogP contribution in [-0.4, -0.2) is 6.79 Å². The van der Waals surface area contributed by atoms with Gasteiger partial charge in [-0.3, -0.25) is 0 Å². The molecule has 0 aliphatic rings. The smallest absolute Gasteiger partial charge is 0.106 e. The van der Waals surface area contributed by atoms with Crippen molar-refractivity contribution < 1.29 is 32.5 Å². The Labute approximate surface area is 51.7 Å². The molecule has 0 N–H and O–H groups in total.